The molecule has 6 N–H and O–H groups in total. The van der Waals surface area contributed by atoms with E-state index in [0.29, 0.717) is 0 Å². The van der Waals surface area contributed by atoms with Crippen LogP contribution in [0, 0.1) is 0 Å². The number of aliphatic carboxylic acids is 2. The summed E-state index contributed by atoms with van der Waals surface area (Å²) in [6.07, 6.45) is 0. The fourth-order valence-corrected chi connectivity index (χ4v) is 1.72. The van der Waals surface area contributed by atoms with Crippen molar-refractivity contribution < 1.29 is 29.4 Å². The predicted molar refractivity (Wildman–Crippen MR) is 44.1 cm³/mol. The Labute approximate surface area is 87.0 Å². The van der Waals surface area contributed by atoms with Crippen molar-refractivity contribution in [3.63, 3.8) is 0 Å². The molecule has 0 unspecified atom stereocenters. The molecular weight excluding hydrogens is 224 g/mol. The van der Waals surface area contributed by atoms with Gasteiger partial charge in [-0.3, -0.25) is 0 Å². The maximum atomic E-state index is 11.0. The molecule has 2 rings (SSSR count). The summed E-state index contributed by atoms with van der Waals surface area (Å²) in [5.41, 5.74) is -4.88. The summed E-state index contributed by atoms with van der Waals surface area (Å²) in [6.45, 7) is 0. The van der Waals surface area contributed by atoms with Crippen LogP contribution in [0.1, 0.15) is 0 Å². The topological polar surface area (TPSA) is 157 Å². The number of carbonyl (C=O) groups excluding carboxylic acids is 2. The number of hydrogen-bond donors (Lipinski definition) is 6. The van der Waals surface area contributed by atoms with Crippen molar-refractivity contribution in [1.82, 2.24) is 21.3 Å². The third-order valence-electron chi connectivity index (χ3n) is 2.41. The smallest absolute Gasteiger partial charge is 0.356 e. The summed E-state index contributed by atoms with van der Waals surface area (Å²) < 4.78 is 0. The molecule has 0 aromatic rings. The largest absolute Gasteiger partial charge is 0.478 e. The van der Waals surface area contributed by atoms with E-state index in [-0.39, 0.29) is 0 Å². The Morgan fingerprint density at radius 1 is 0.812 bits per heavy atom. The third kappa shape index (κ3) is 0.852. The Kier molecular flexibility index (Phi) is 1.59. The number of nitrogens with one attached hydrogen (secondary N) is 4. The van der Waals surface area contributed by atoms with Gasteiger partial charge < -0.3 is 31.5 Å². The normalized spacial score (nSPS) is 35.5. The second-order valence-electron chi connectivity index (χ2n) is 3.27. The van der Waals surface area contributed by atoms with E-state index in [0.717, 1.165) is 0 Å². The molecule has 0 spiro atoms. The Morgan fingerprint density at radius 3 is 1.25 bits per heavy atom. The second kappa shape index (κ2) is 2.53. The van der Waals surface area contributed by atoms with Gasteiger partial charge in [0, 0.05) is 0 Å². The molecule has 0 radical (unpaired) electrons. The summed E-state index contributed by atoms with van der Waals surface area (Å²) in [7, 11) is 0. The Bertz CT molecular complexity index is 375. The minimum atomic E-state index is -2.44. The number of carbonyl (C=O) groups is 4. The van der Waals surface area contributed by atoms with E-state index < -0.39 is 35.3 Å². The standard InChI is InChI=1S/C6H6N4O6/c11-1(12)5-6(2(13)14,9-3(15)7-5)10-4(16)8-5/h(H,11,12)(H,13,14)(H2,7,9,15)(H2,8,10,16). The molecule has 2 fully saturated rings. The predicted octanol–water partition coefficient (Wildman–Crippen LogP) is -2.83. The van der Waals surface area contributed by atoms with Crippen molar-refractivity contribution in [2.45, 2.75) is 11.3 Å². The molecule has 10 nitrogen and oxygen atoms in total. The van der Waals surface area contributed by atoms with E-state index in [1.54, 1.807) is 0 Å². The number of rotatable bonds is 2. The van der Waals surface area contributed by atoms with Crippen LogP contribution in [0.15, 0.2) is 0 Å². The lowest BCUT2D eigenvalue weighted by Gasteiger charge is -2.28. The highest BCUT2D eigenvalue weighted by atomic mass is 16.4. The van der Waals surface area contributed by atoms with Gasteiger partial charge in [-0.05, 0) is 0 Å². The zero-order valence-electron chi connectivity index (χ0n) is 7.53. The molecule has 2 saturated heterocycles. The minimum Gasteiger partial charge on any atom is -0.478 e. The van der Waals surface area contributed by atoms with Gasteiger partial charge in [0.15, 0.2) is 0 Å². The Morgan fingerprint density at radius 2 is 1.06 bits per heavy atom. The number of hydrogen-bond acceptors (Lipinski definition) is 4. The first-order valence-electron chi connectivity index (χ1n) is 4.01. The van der Waals surface area contributed by atoms with Crippen molar-refractivity contribution >= 4 is 24.0 Å². The highest BCUT2D eigenvalue weighted by Gasteiger charge is 2.74. The van der Waals surface area contributed by atoms with E-state index in [4.69, 9.17) is 10.2 Å². The first kappa shape index (κ1) is 10.0. The summed E-state index contributed by atoms with van der Waals surface area (Å²) in [5.74, 6) is -3.40. The van der Waals surface area contributed by atoms with Gasteiger partial charge in [-0.15, -0.1) is 0 Å². The molecule has 0 bridgehead atoms. The van der Waals surface area contributed by atoms with Crippen LogP contribution >= 0.6 is 0 Å². The van der Waals surface area contributed by atoms with Crippen LogP contribution in [-0.4, -0.2) is 45.5 Å². The number of carboxylic acids is 2. The van der Waals surface area contributed by atoms with E-state index in [9.17, 15) is 19.2 Å². The van der Waals surface area contributed by atoms with E-state index in [2.05, 4.69) is 0 Å². The van der Waals surface area contributed by atoms with Crippen LogP contribution in [-0.2, 0) is 9.59 Å². The quantitative estimate of drug-likeness (QED) is 0.300. The SMILES string of the molecule is O=C1NC2(C(=O)O)NC(=O)NC2(C(=O)O)N1. The van der Waals surface area contributed by atoms with Crippen LogP contribution in [0.5, 0.6) is 0 Å². The van der Waals surface area contributed by atoms with Crippen molar-refractivity contribution in [2.75, 3.05) is 0 Å². The summed E-state index contributed by atoms with van der Waals surface area (Å²) in [5, 5.41) is 25.3. The molecule has 2 aliphatic rings. The zero-order valence-corrected chi connectivity index (χ0v) is 7.53. The molecule has 0 aromatic carbocycles. The molecule has 0 aromatic heterocycles. The average molecular weight is 230 g/mol. The lowest BCUT2D eigenvalue weighted by molar-refractivity contribution is -0.158. The highest BCUT2D eigenvalue weighted by molar-refractivity contribution is 6.08. The summed E-state index contributed by atoms with van der Waals surface area (Å²) in [6, 6.07) is -2.03. The molecule has 2 aliphatic heterocycles. The van der Waals surface area contributed by atoms with E-state index in [1.165, 1.54) is 0 Å². The van der Waals surface area contributed by atoms with Crippen LogP contribution in [0.2, 0.25) is 0 Å². The molecule has 0 aliphatic carbocycles. The van der Waals surface area contributed by atoms with E-state index >= 15 is 0 Å². The van der Waals surface area contributed by atoms with Gasteiger partial charge in [-0.25, -0.2) is 19.2 Å². The highest BCUT2D eigenvalue weighted by Crippen LogP contribution is 2.27. The van der Waals surface area contributed by atoms with Gasteiger partial charge in [0.05, 0.1) is 0 Å². The number of carboxylic acid groups (broad SMARTS) is 2. The van der Waals surface area contributed by atoms with Gasteiger partial charge in [0.25, 0.3) is 11.3 Å². The Hall–Kier alpha value is -2.52. The van der Waals surface area contributed by atoms with Gasteiger partial charge in [-0.2, -0.15) is 0 Å². The first-order valence-corrected chi connectivity index (χ1v) is 4.01. The fourth-order valence-electron chi connectivity index (χ4n) is 1.72. The molecular formula is C6H6N4O6. The van der Waals surface area contributed by atoms with E-state index in [1.807, 2.05) is 21.3 Å². The third-order valence-corrected chi connectivity index (χ3v) is 2.41. The number of urea groups is 2. The lowest BCUT2D eigenvalue weighted by Crippen LogP contribution is -2.73. The van der Waals surface area contributed by atoms with Crippen LogP contribution in [0.4, 0.5) is 9.59 Å². The van der Waals surface area contributed by atoms with Crippen molar-refractivity contribution in [3.05, 3.63) is 0 Å². The van der Waals surface area contributed by atoms with Crippen molar-refractivity contribution in [2.24, 2.45) is 0 Å². The van der Waals surface area contributed by atoms with Crippen molar-refractivity contribution in [3.8, 4) is 0 Å². The van der Waals surface area contributed by atoms with Crippen LogP contribution < -0.4 is 21.3 Å². The average Bonchev–Trinajstić information content (AvgIpc) is 2.53. The fraction of sp³-hybridized carbons (Fsp3) is 0.333. The molecule has 4 amide bonds. The molecule has 2 heterocycles. The van der Waals surface area contributed by atoms with Gasteiger partial charge in [0.1, 0.15) is 0 Å². The Balaban J connectivity index is 2.61. The second-order valence-corrected chi connectivity index (χ2v) is 3.27. The molecule has 16 heavy (non-hydrogen) atoms. The van der Waals surface area contributed by atoms with Gasteiger partial charge in [-0.1, -0.05) is 0 Å². The maximum absolute atomic E-state index is 11.0. The van der Waals surface area contributed by atoms with Crippen LogP contribution in [0.25, 0.3) is 0 Å². The first-order chi connectivity index (χ1) is 7.34. The molecule has 0 atom stereocenters. The zero-order chi connectivity index (χ0) is 12.1. The number of fused-ring (bicyclic) bond motifs is 1. The van der Waals surface area contributed by atoms with Gasteiger partial charge >= 0.3 is 24.0 Å². The maximum Gasteiger partial charge on any atom is 0.356 e. The lowest BCUT2D eigenvalue weighted by atomic mass is 9.96. The van der Waals surface area contributed by atoms with Gasteiger partial charge in [0.2, 0.25) is 0 Å². The summed E-state index contributed by atoms with van der Waals surface area (Å²) >= 11 is 0. The number of amides is 4. The summed E-state index contributed by atoms with van der Waals surface area (Å²) in [4.78, 5) is 44.2. The van der Waals surface area contributed by atoms with Crippen LogP contribution in [0.3, 0.4) is 0 Å². The van der Waals surface area contributed by atoms with Crippen molar-refractivity contribution in [1.29, 1.82) is 0 Å². The molecule has 86 valence electrons. The molecule has 10 heteroatoms. The molecule has 0 saturated carbocycles. The minimum absolute atomic E-state index is 1.02. The monoisotopic (exact) mass is 230 g/mol.